The van der Waals surface area contributed by atoms with Gasteiger partial charge in [-0.3, -0.25) is 9.59 Å². The average molecular weight is 292 g/mol. The van der Waals surface area contributed by atoms with Gasteiger partial charge in [-0.05, 0) is 59.8 Å². The van der Waals surface area contributed by atoms with Crippen LogP contribution in [0.15, 0.2) is 12.2 Å². The predicted molar refractivity (Wildman–Crippen MR) is 83.5 cm³/mol. The monoisotopic (exact) mass is 292 g/mol. The van der Waals surface area contributed by atoms with Gasteiger partial charge in [-0.15, -0.1) is 0 Å². The number of nitrogens with one attached hydrogen (secondary N) is 2. The first-order valence-electron chi connectivity index (χ1n) is 7.80. The molecule has 4 atom stereocenters. The van der Waals surface area contributed by atoms with Crippen LogP contribution in [0.3, 0.4) is 0 Å². The van der Waals surface area contributed by atoms with Crippen LogP contribution in [0.4, 0.5) is 0 Å². The number of rotatable bonds is 2. The second-order valence-electron chi connectivity index (χ2n) is 8.48. The van der Waals surface area contributed by atoms with Crippen LogP contribution in [0.1, 0.15) is 48.0 Å². The van der Waals surface area contributed by atoms with E-state index < -0.39 is 0 Å². The molecule has 118 valence electrons. The molecule has 2 bridgehead atoms. The second kappa shape index (κ2) is 5.15. The van der Waals surface area contributed by atoms with E-state index in [9.17, 15) is 9.59 Å². The van der Waals surface area contributed by atoms with Gasteiger partial charge in [0, 0.05) is 11.1 Å². The second-order valence-corrected chi connectivity index (χ2v) is 8.48. The quantitative estimate of drug-likeness (QED) is 0.767. The molecule has 2 amide bonds. The fraction of sp³-hybridized carbons (Fsp3) is 0.765. The molecule has 2 rings (SSSR count). The molecule has 2 aliphatic rings. The van der Waals surface area contributed by atoms with Crippen LogP contribution < -0.4 is 10.6 Å². The molecule has 2 aliphatic carbocycles. The van der Waals surface area contributed by atoms with E-state index in [1.165, 1.54) is 0 Å². The number of hydrogen-bond donors (Lipinski definition) is 2. The van der Waals surface area contributed by atoms with Crippen LogP contribution in [0.5, 0.6) is 0 Å². The standard InChI is InChI=1S/C17H28N2O2/c1-16(2,3)18-14(20)12-10-7-8-11(9-10)13(12)15(21)19-17(4,5)6/h7-8,10-13H,9H2,1-6H3,(H,18,20)(H,19,21)/t10-,11-,12-,13+/m0/s1. The Morgan fingerprint density at radius 1 is 0.810 bits per heavy atom. The number of allylic oxidation sites excluding steroid dienone is 2. The van der Waals surface area contributed by atoms with Gasteiger partial charge in [0.05, 0.1) is 11.8 Å². The van der Waals surface area contributed by atoms with Crippen LogP contribution >= 0.6 is 0 Å². The van der Waals surface area contributed by atoms with Crippen molar-refractivity contribution in [1.82, 2.24) is 10.6 Å². The van der Waals surface area contributed by atoms with Gasteiger partial charge < -0.3 is 10.6 Å². The molecule has 0 spiro atoms. The van der Waals surface area contributed by atoms with E-state index in [1.807, 2.05) is 41.5 Å². The summed E-state index contributed by atoms with van der Waals surface area (Å²) in [6.45, 7) is 11.8. The van der Waals surface area contributed by atoms with E-state index in [1.54, 1.807) is 0 Å². The predicted octanol–water partition coefficient (Wildman–Crippen LogP) is 2.25. The van der Waals surface area contributed by atoms with Gasteiger partial charge in [-0.25, -0.2) is 0 Å². The van der Waals surface area contributed by atoms with E-state index in [0.29, 0.717) is 0 Å². The van der Waals surface area contributed by atoms with Gasteiger partial charge >= 0.3 is 0 Å². The fourth-order valence-corrected chi connectivity index (χ4v) is 3.44. The molecule has 21 heavy (non-hydrogen) atoms. The summed E-state index contributed by atoms with van der Waals surface area (Å²) >= 11 is 0. The van der Waals surface area contributed by atoms with Crippen LogP contribution in [0, 0.1) is 23.7 Å². The van der Waals surface area contributed by atoms with Gasteiger partial charge in [0.15, 0.2) is 0 Å². The Bertz CT molecular complexity index is 426. The molecule has 0 aromatic rings. The minimum Gasteiger partial charge on any atom is -0.351 e. The van der Waals surface area contributed by atoms with E-state index in [4.69, 9.17) is 0 Å². The molecular weight excluding hydrogens is 264 g/mol. The zero-order chi connectivity index (χ0) is 16.0. The number of amides is 2. The van der Waals surface area contributed by atoms with Crippen LogP contribution in [0.2, 0.25) is 0 Å². The SMILES string of the molecule is CC(C)(C)NC(=O)[C@@H]1[C@H](C(=O)NC(C)(C)C)[C@H]2C=C[C@H]1C2. The molecular formula is C17H28N2O2. The van der Waals surface area contributed by atoms with Crippen molar-refractivity contribution in [3.05, 3.63) is 12.2 Å². The first kappa shape index (κ1) is 16.1. The average Bonchev–Trinajstić information content (AvgIpc) is 2.82. The molecule has 0 aromatic heterocycles. The largest absolute Gasteiger partial charge is 0.351 e. The summed E-state index contributed by atoms with van der Waals surface area (Å²) in [5, 5.41) is 6.08. The zero-order valence-electron chi connectivity index (χ0n) is 14.0. The minimum absolute atomic E-state index is 0.00779. The lowest BCUT2D eigenvalue weighted by atomic mass is 9.81. The van der Waals surface area contributed by atoms with E-state index in [-0.39, 0.29) is 46.6 Å². The first-order chi connectivity index (χ1) is 9.48. The number of hydrogen-bond acceptors (Lipinski definition) is 2. The molecule has 0 aliphatic heterocycles. The number of carbonyl (C=O) groups excluding carboxylic acids is 2. The van der Waals surface area contributed by atoms with Crippen molar-refractivity contribution < 1.29 is 9.59 Å². The van der Waals surface area contributed by atoms with Gasteiger partial charge in [0.25, 0.3) is 0 Å². The highest BCUT2D eigenvalue weighted by atomic mass is 16.2. The van der Waals surface area contributed by atoms with E-state index in [0.717, 1.165) is 6.42 Å². The minimum atomic E-state index is -0.270. The van der Waals surface area contributed by atoms with Crippen molar-refractivity contribution in [2.45, 2.75) is 59.0 Å². The van der Waals surface area contributed by atoms with Crippen molar-refractivity contribution in [2.24, 2.45) is 23.7 Å². The molecule has 0 radical (unpaired) electrons. The molecule has 0 heterocycles. The Kier molecular flexibility index (Phi) is 3.94. The lowest BCUT2D eigenvalue weighted by molar-refractivity contribution is -0.137. The summed E-state index contributed by atoms with van der Waals surface area (Å²) in [4.78, 5) is 25.2. The molecule has 2 N–H and O–H groups in total. The van der Waals surface area contributed by atoms with Crippen molar-refractivity contribution >= 4 is 11.8 Å². The normalized spacial score (nSPS) is 31.3. The van der Waals surface area contributed by atoms with Crippen LogP contribution in [0.25, 0.3) is 0 Å². The smallest absolute Gasteiger partial charge is 0.224 e. The molecule has 4 nitrogen and oxygen atoms in total. The molecule has 0 aromatic carbocycles. The van der Waals surface area contributed by atoms with Crippen molar-refractivity contribution in [1.29, 1.82) is 0 Å². The summed E-state index contributed by atoms with van der Waals surface area (Å²) in [6, 6.07) is 0. The summed E-state index contributed by atoms with van der Waals surface area (Å²) in [6.07, 6.45) is 5.14. The van der Waals surface area contributed by atoms with Crippen molar-refractivity contribution in [3.63, 3.8) is 0 Å². The lowest BCUT2D eigenvalue weighted by Gasteiger charge is -2.32. The summed E-state index contributed by atoms with van der Waals surface area (Å²) < 4.78 is 0. The Balaban J connectivity index is 2.17. The van der Waals surface area contributed by atoms with Gasteiger partial charge in [0.2, 0.25) is 11.8 Å². The molecule has 0 saturated heterocycles. The van der Waals surface area contributed by atoms with E-state index in [2.05, 4.69) is 22.8 Å². The Morgan fingerprint density at radius 3 is 1.43 bits per heavy atom. The molecule has 4 heteroatoms. The lowest BCUT2D eigenvalue weighted by Crippen LogP contribution is -2.51. The maximum Gasteiger partial charge on any atom is 0.224 e. The summed E-state index contributed by atoms with van der Waals surface area (Å²) in [7, 11) is 0. The highest BCUT2D eigenvalue weighted by molar-refractivity contribution is 5.90. The third-order valence-electron chi connectivity index (χ3n) is 4.06. The first-order valence-corrected chi connectivity index (χ1v) is 7.80. The Hall–Kier alpha value is -1.32. The summed E-state index contributed by atoms with van der Waals surface area (Å²) in [5.41, 5.74) is -0.540. The highest BCUT2D eigenvalue weighted by Gasteiger charge is 2.52. The maximum atomic E-state index is 12.6. The van der Waals surface area contributed by atoms with Crippen LogP contribution in [-0.4, -0.2) is 22.9 Å². The van der Waals surface area contributed by atoms with Crippen LogP contribution in [-0.2, 0) is 9.59 Å². The number of fused-ring (bicyclic) bond motifs is 2. The van der Waals surface area contributed by atoms with E-state index >= 15 is 0 Å². The molecule has 0 unspecified atom stereocenters. The third kappa shape index (κ3) is 3.66. The third-order valence-corrected chi connectivity index (χ3v) is 4.06. The maximum absolute atomic E-state index is 12.6. The Morgan fingerprint density at radius 2 is 1.14 bits per heavy atom. The number of carbonyl (C=O) groups is 2. The van der Waals surface area contributed by atoms with Crippen molar-refractivity contribution in [2.75, 3.05) is 0 Å². The van der Waals surface area contributed by atoms with Gasteiger partial charge in [-0.2, -0.15) is 0 Å². The summed E-state index contributed by atoms with van der Waals surface area (Å²) in [5.74, 6) is -0.0499. The van der Waals surface area contributed by atoms with Gasteiger partial charge in [0.1, 0.15) is 0 Å². The Labute approximate surface area is 127 Å². The fourth-order valence-electron chi connectivity index (χ4n) is 3.44. The highest BCUT2D eigenvalue weighted by Crippen LogP contribution is 2.48. The molecule has 1 saturated carbocycles. The molecule has 1 fully saturated rings. The van der Waals surface area contributed by atoms with Gasteiger partial charge in [-0.1, -0.05) is 12.2 Å². The topological polar surface area (TPSA) is 58.2 Å². The van der Waals surface area contributed by atoms with Crippen molar-refractivity contribution in [3.8, 4) is 0 Å². The zero-order valence-corrected chi connectivity index (χ0v) is 14.0.